The van der Waals surface area contributed by atoms with Gasteiger partial charge in [0.2, 0.25) is 11.8 Å². The zero-order valence-electron chi connectivity index (χ0n) is 15.6. The predicted octanol–water partition coefficient (Wildman–Crippen LogP) is 1.94. The Kier molecular flexibility index (Phi) is 5.90. The Morgan fingerprint density at radius 2 is 1.78 bits per heavy atom. The Balaban J connectivity index is 1.52. The molecule has 0 spiro atoms. The molecule has 7 nitrogen and oxygen atoms in total. The first-order valence-electron chi connectivity index (χ1n) is 8.94. The van der Waals surface area contributed by atoms with Crippen molar-refractivity contribution in [3.05, 3.63) is 48.2 Å². The molecule has 1 aromatic heterocycles. The normalized spacial score (nSPS) is 14.0. The van der Waals surface area contributed by atoms with E-state index in [1.165, 1.54) is 0 Å². The van der Waals surface area contributed by atoms with Crippen molar-refractivity contribution in [3.8, 4) is 5.75 Å². The lowest BCUT2D eigenvalue weighted by Crippen LogP contribution is -2.48. The van der Waals surface area contributed by atoms with Gasteiger partial charge in [-0.25, -0.2) is 4.98 Å². The number of piperazine rings is 1. The van der Waals surface area contributed by atoms with Crippen LogP contribution >= 0.6 is 0 Å². The van der Waals surface area contributed by atoms with Crippen LogP contribution in [0.5, 0.6) is 5.75 Å². The molecule has 0 radical (unpaired) electrons. The number of aromatic nitrogens is 1. The van der Waals surface area contributed by atoms with Crippen molar-refractivity contribution in [2.45, 2.75) is 13.3 Å². The molecule has 142 valence electrons. The van der Waals surface area contributed by atoms with Crippen molar-refractivity contribution >= 4 is 23.3 Å². The van der Waals surface area contributed by atoms with Gasteiger partial charge >= 0.3 is 0 Å². The van der Waals surface area contributed by atoms with Gasteiger partial charge in [-0.05, 0) is 29.8 Å². The summed E-state index contributed by atoms with van der Waals surface area (Å²) in [5.41, 5.74) is 1.90. The predicted molar refractivity (Wildman–Crippen MR) is 104 cm³/mol. The van der Waals surface area contributed by atoms with Gasteiger partial charge in [0.15, 0.2) is 0 Å². The van der Waals surface area contributed by atoms with Gasteiger partial charge in [0.05, 0.1) is 25.4 Å². The molecular weight excluding hydrogens is 344 g/mol. The Morgan fingerprint density at radius 3 is 2.33 bits per heavy atom. The molecule has 0 saturated carbocycles. The summed E-state index contributed by atoms with van der Waals surface area (Å²) in [5, 5.41) is 2.82. The molecule has 7 heteroatoms. The molecule has 1 aromatic carbocycles. The van der Waals surface area contributed by atoms with Crippen LogP contribution < -0.4 is 15.0 Å². The molecule has 1 aliphatic rings. The van der Waals surface area contributed by atoms with Gasteiger partial charge in [0.25, 0.3) is 0 Å². The number of carbonyl (C=O) groups is 2. The molecule has 2 heterocycles. The molecule has 2 amide bonds. The number of hydrogen-bond acceptors (Lipinski definition) is 5. The summed E-state index contributed by atoms with van der Waals surface area (Å²) >= 11 is 0. The number of carbonyl (C=O) groups excluding carboxylic acids is 2. The number of anilines is 2. The highest BCUT2D eigenvalue weighted by Crippen LogP contribution is 2.18. The van der Waals surface area contributed by atoms with Crippen LogP contribution in [-0.4, -0.2) is 55.0 Å². The lowest BCUT2D eigenvalue weighted by Gasteiger charge is -2.35. The van der Waals surface area contributed by atoms with Crippen molar-refractivity contribution in [2.24, 2.45) is 0 Å². The maximum Gasteiger partial charge on any atom is 0.229 e. The van der Waals surface area contributed by atoms with Gasteiger partial charge < -0.3 is 19.9 Å². The molecule has 0 unspecified atom stereocenters. The molecule has 1 fully saturated rings. The smallest absolute Gasteiger partial charge is 0.229 e. The van der Waals surface area contributed by atoms with Crippen molar-refractivity contribution < 1.29 is 14.3 Å². The fourth-order valence-electron chi connectivity index (χ4n) is 3.04. The third kappa shape index (κ3) is 4.97. The quantitative estimate of drug-likeness (QED) is 0.873. The molecule has 1 aliphatic heterocycles. The maximum atomic E-state index is 12.2. The number of hydrogen-bond donors (Lipinski definition) is 1. The van der Waals surface area contributed by atoms with E-state index in [-0.39, 0.29) is 18.2 Å². The Labute approximate surface area is 158 Å². The van der Waals surface area contributed by atoms with E-state index in [4.69, 9.17) is 4.74 Å². The summed E-state index contributed by atoms with van der Waals surface area (Å²) in [4.78, 5) is 32.0. The minimum atomic E-state index is -0.115. The number of benzene rings is 1. The zero-order chi connectivity index (χ0) is 19.2. The standard InChI is InChI=1S/C20H24N4O3/c1-15(25)23-9-11-24(12-10-23)17-5-8-19(21-14-17)22-20(26)13-16-3-6-18(27-2)7-4-16/h3-8,14H,9-13H2,1-2H3,(H,21,22,26). The van der Waals surface area contributed by atoms with Crippen LogP contribution in [0.25, 0.3) is 0 Å². The minimum absolute atomic E-state index is 0.114. The van der Waals surface area contributed by atoms with E-state index in [1.807, 2.05) is 35.2 Å². The fraction of sp³-hybridized carbons (Fsp3) is 0.350. The van der Waals surface area contributed by atoms with E-state index in [1.54, 1.807) is 26.3 Å². The molecular formula is C20H24N4O3. The lowest BCUT2D eigenvalue weighted by atomic mass is 10.1. The number of nitrogens with one attached hydrogen (secondary N) is 1. The van der Waals surface area contributed by atoms with Crippen LogP contribution in [0.3, 0.4) is 0 Å². The topological polar surface area (TPSA) is 74.8 Å². The number of ether oxygens (including phenoxy) is 1. The van der Waals surface area contributed by atoms with Crippen LogP contribution in [0.1, 0.15) is 12.5 Å². The van der Waals surface area contributed by atoms with Crippen molar-refractivity contribution in [3.63, 3.8) is 0 Å². The van der Waals surface area contributed by atoms with E-state index < -0.39 is 0 Å². The van der Waals surface area contributed by atoms with E-state index >= 15 is 0 Å². The molecule has 2 aromatic rings. The molecule has 1 N–H and O–H groups in total. The molecule has 1 saturated heterocycles. The summed E-state index contributed by atoms with van der Waals surface area (Å²) in [6.45, 7) is 4.60. The van der Waals surface area contributed by atoms with Crippen molar-refractivity contribution in [1.82, 2.24) is 9.88 Å². The average Bonchev–Trinajstić information content (AvgIpc) is 2.69. The summed E-state index contributed by atoms with van der Waals surface area (Å²) in [6.07, 6.45) is 2.03. The number of amides is 2. The third-order valence-corrected chi connectivity index (χ3v) is 4.63. The van der Waals surface area contributed by atoms with Gasteiger partial charge in [-0.1, -0.05) is 12.1 Å². The number of pyridine rings is 1. The molecule has 0 aliphatic carbocycles. The van der Waals surface area contributed by atoms with Gasteiger partial charge in [0, 0.05) is 33.1 Å². The summed E-state index contributed by atoms with van der Waals surface area (Å²) in [6, 6.07) is 11.2. The SMILES string of the molecule is COc1ccc(CC(=O)Nc2ccc(N3CCN(C(C)=O)CC3)cn2)cc1. The first-order chi connectivity index (χ1) is 13.0. The van der Waals surface area contributed by atoms with Crippen LogP contribution in [0.4, 0.5) is 11.5 Å². The number of methoxy groups -OCH3 is 1. The lowest BCUT2D eigenvalue weighted by molar-refractivity contribution is -0.129. The van der Waals surface area contributed by atoms with E-state index in [9.17, 15) is 9.59 Å². The largest absolute Gasteiger partial charge is 0.497 e. The Bertz CT molecular complexity index is 782. The Hall–Kier alpha value is -3.09. The van der Waals surface area contributed by atoms with Crippen molar-refractivity contribution in [1.29, 1.82) is 0 Å². The first-order valence-corrected chi connectivity index (χ1v) is 8.94. The minimum Gasteiger partial charge on any atom is -0.497 e. The fourth-order valence-corrected chi connectivity index (χ4v) is 3.04. The van der Waals surface area contributed by atoms with Gasteiger partial charge in [-0.3, -0.25) is 9.59 Å². The zero-order valence-corrected chi connectivity index (χ0v) is 15.6. The highest BCUT2D eigenvalue weighted by atomic mass is 16.5. The average molecular weight is 368 g/mol. The van der Waals surface area contributed by atoms with Crippen LogP contribution in [-0.2, 0) is 16.0 Å². The van der Waals surface area contributed by atoms with E-state index in [0.29, 0.717) is 5.82 Å². The second-order valence-corrected chi connectivity index (χ2v) is 6.47. The third-order valence-electron chi connectivity index (χ3n) is 4.63. The highest BCUT2D eigenvalue weighted by Gasteiger charge is 2.19. The van der Waals surface area contributed by atoms with Crippen molar-refractivity contribution in [2.75, 3.05) is 43.5 Å². The van der Waals surface area contributed by atoms with Crippen LogP contribution in [0.15, 0.2) is 42.6 Å². The first kappa shape index (κ1) is 18.7. The summed E-state index contributed by atoms with van der Waals surface area (Å²) in [7, 11) is 1.61. The molecule has 3 rings (SSSR count). The monoisotopic (exact) mass is 368 g/mol. The van der Waals surface area contributed by atoms with Crippen LogP contribution in [0.2, 0.25) is 0 Å². The summed E-state index contributed by atoms with van der Waals surface area (Å²) < 4.78 is 5.11. The molecule has 27 heavy (non-hydrogen) atoms. The van der Waals surface area contributed by atoms with E-state index in [0.717, 1.165) is 43.2 Å². The van der Waals surface area contributed by atoms with Gasteiger partial charge in [-0.2, -0.15) is 0 Å². The summed E-state index contributed by atoms with van der Waals surface area (Å²) in [5.74, 6) is 1.29. The van der Waals surface area contributed by atoms with E-state index in [2.05, 4.69) is 15.2 Å². The molecule has 0 atom stereocenters. The maximum absolute atomic E-state index is 12.2. The molecule has 0 bridgehead atoms. The van der Waals surface area contributed by atoms with Gasteiger partial charge in [0.1, 0.15) is 11.6 Å². The number of nitrogens with zero attached hydrogens (tertiary/aromatic N) is 3. The highest BCUT2D eigenvalue weighted by molar-refractivity contribution is 5.91. The number of rotatable bonds is 5. The second kappa shape index (κ2) is 8.53. The second-order valence-electron chi connectivity index (χ2n) is 6.47. The van der Waals surface area contributed by atoms with Gasteiger partial charge in [-0.15, -0.1) is 0 Å². The Morgan fingerprint density at radius 1 is 1.07 bits per heavy atom. The van der Waals surface area contributed by atoms with Crippen LogP contribution in [0, 0.1) is 0 Å².